The van der Waals surface area contributed by atoms with Crippen molar-refractivity contribution in [2.24, 2.45) is 0 Å². The lowest BCUT2D eigenvalue weighted by Gasteiger charge is -2.17. The minimum Gasteiger partial charge on any atom is -0.323 e. The van der Waals surface area contributed by atoms with Gasteiger partial charge in [-0.05, 0) is 18.2 Å². The highest BCUT2D eigenvalue weighted by Gasteiger charge is 2.31. The van der Waals surface area contributed by atoms with E-state index >= 15 is 0 Å². The molecule has 1 N–H and O–H groups in total. The molecule has 4 rings (SSSR count). The predicted molar refractivity (Wildman–Crippen MR) is 96.9 cm³/mol. The summed E-state index contributed by atoms with van der Waals surface area (Å²) in [5.41, 5.74) is 3.23. The fourth-order valence-electron chi connectivity index (χ4n) is 3.04. The lowest BCUT2D eigenvalue weighted by molar-refractivity contribution is -0.116. The van der Waals surface area contributed by atoms with Gasteiger partial charge in [-0.2, -0.15) is 0 Å². The third kappa shape index (κ3) is 2.55. The third-order valence-corrected chi connectivity index (χ3v) is 4.25. The molecule has 5 heteroatoms. The normalized spacial score (nSPS) is 13.2. The van der Waals surface area contributed by atoms with Gasteiger partial charge in [0.15, 0.2) is 0 Å². The summed E-state index contributed by atoms with van der Waals surface area (Å²) in [6.07, 6.45) is 1.68. The Balaban J connectivity index is 1.55. The Morgan fingerprint density at radius 3 is 2.60 bits per heavy atom. The molecule has 25 heavy (non-hydrogen) atoms. The molecule has 3 aromatic rings. The van der Waals surface area contributed by atoms with Crippen molar-refractivity contribution in [3.63, 3.8) is 0 Å². The number of amides is 2. The molecule has 0 fully saturated rings. The highest BCUT2D eigenvalue weighted by molar-refractivity contribution is 6.11. The molecule has 0 saturated heterocycles. The minimum atomic E-state index is -0.291. The van der Waals surface area contributed by atoms with Crippen LogP contribution in [0.1, 0.15) is 15.9 Å². The molecule has 2 heterocycles. The maximum atomic E-state index is 12.5. The summed E-state index contributed by atoms with van der Waals surface area (Å²) in [6.45, 7) is 3.86. The van der Waals surface area contributed by atoms with Crippen molar-refractivity contribution >= 4 is 34.1 Å². The summed E-state index contributed by atoms with van der Waals surface area (Å²) in [6, 6.07) is 16.6. The van der Waals surface area contributed by atoms with Crippen LogP contribution in [-0.2, 0) is 4.79 Å². The van der Waals surface area contributed by atoms with Crippen LogP contribution in [0.15, 0.2) is 67.4 Å². The van der Waals surface area contributed by atoms with Gasteiger partial charge in [-0.3, -0.25) is 19.5 Å². The van der Waals surface area contributed by atoms with Crippen molar-refractivity contribution in [3.05, 3.63) is 78.5 Å². The number of rotatable bonds is 3. The lowest BCUT2D eigenvalue weighted by atomic mass is 10.1. The van der Waals surface area contributed by atoms with E-state index in [-0.39, 0.29) is 18.4 Å². The van der Waals surface area contributed by atoms with E-state index in [9.17, 15) is 9.59 Å². The third-order valence-electron chi connectivity index (χ3n) is 4.25. The molecule has 2 aromatic carbocycles. The fraction of sp³-hybridized carbons (Fsp3) is 0.0500. The highest BCUT2D eigenvalue weighted by atomic mass is 16.2. The first-order chi connectivity index (χ1) is 12.1. The van der Waals surface area contributed by atoms with E-state index in [1.807, 2.05) is 36.4 Å². The number of para-hydroxylation sites is 1. The molecular formula is C20H15N3O2. The molecule has 1 aliphatic rings. The SMILES string of the molecule is C=C1c2ccccc2C(=O)N1CC(=O)Nc1cccc2cccnc12. The minimum absolute atomic E-state index is 0.0877. The van der Waals surface area contributed by atoms with Crippen molar-refractivity contribution in [3.8, 4) is 0 Å². The molecule has 0 bridgehead atoms. The summed E-state index contributed by atoms with van der Waals surface area (Å²) in [5, 5.41) is 3.78. The molecule has 0 spiro atoms. The van der Waals surface area contributed by atoms with E-state index in [1.54, 1.807) is 24.4 Å². The maximum Gasteiger partial charge on any atom is 0.259 e. The van der Waals surface area contributed by atoms with Crippen LogP contribution < -0.4 is 5.32 Å². The summed E-state index contributed by atoms with van der Waals surface area (Å²) >= 11 is 0. The Labute approximate surface area is 144 Å². The van der Waals surface area contributed by atoms with Crippen LogP contribution in [0.3, 0.4) is 0 Å². The van der Waals surface area contributed by atoms with Crippen molar-refractivity contribution in [2.45, 2.75) is 0 Å². The zero-order chi connectivity index (χ0) is 17.4. The first kappa shape index (κ1) is 15.1. The number of carbonyl (C=O) groups excluding carboxylic acids is 2. The molecule has 0 atom stereocenters. The van der Waals surface area contributed by atoms with Gasteiger partial charge in [-0.25, -0.2) is 0 Å². The average Bonchev–Trinajstić information content (AvgIpc) is 2.87. The van der Waals surface area contributed by atoms with Crippen molar-refractivity contribution in [1.29, 1.82) is 0 Å². The molecule has 0 radical (unpaired) electrons. The van der Waals surface area contributed by atoms with Crippen LogP contribution in [0.5, 0.6) is 0 Å². The molecule has 1 aliphatic heterocycles. The lowest BCUT2D eigenvalue weighted by Crippen LogP contribution is -2.32. The second-order valence-corrected chi connectivity index (χ2v) is 5.81. The second kappa shape index (κ2) is 5.87. The van der Waals surface area contributed by atoms with E-state index < -0.39 is 0 Å². The van der Waals surface area contributed by atoms with Crippen molar-refractivity contribution < 1.29 is 9.59 Å². The molecule has 0 aliphatic carbocycles. The van der Waals surface area contributed by atoms with Crippen LogP contribution in [0.4, 0.5) is 5.69 Å². The summed E-state index contributed by atoms with van der Waals surface area (Å²) in [4.78, 5) is 30.7. The molecule has 122 valence electrons. The average molecular weight is 329 g/mol. The number of hydrogen-bond donors (Lipinski definition) is 1. The largest absolute Gasteiger partial charge is 0.323 e. The number of carbonyl (C=O) groups is 2. The Morgan fingerprint density at radius 2 is 1.80 bits per heavy atom. The van der Waals surface area contributed by atoms with E-state index in [4.69, 9.17) is 0 Å². The Bertz CT molecular complexity index is 986. The number of anilines is 1. The zero-order valence-corrected chi connectivity index (χ0v) is 13.4. The van der Waals surface area contributed by atoms with E-state index in [1.165, 1.54) is 4.90 Å². The quantitative estimate of drug-likeness (QED) is 0.802. The number of benzene rings is 2. The molecule has 1 aromatic heterocycles. The van der Waals surface area contributed by atoms with Crippen LogP contribution in [0.25, 0.3) is 16.6 Å². The molecule has 0 saturated carbocycles. The summed E-state index contributed by atoms with van der Waals surface area (Å²) < 4.78 is 0. The van der Waals surface area contributed by atoms with Gasteiger partial charge in [0.2, 0.25) is 5.91 Å². The van der Waals surface area contributed by atoms with Crippen LogP contribution in [-0.4, -0.2) is 28.2 Å². The first-order valence-corrected chi connectivity index (χ1v) is 7.89. The fourth-order valence-corrected chi connectivity index (χ4v) is 3.04. The van der Waals surface area contributed by atoms with E-state index in [2.05, 4.69) is 16.9 Å². The predicted octanol–water partition coefficient (Wildman–Crippen LogP) is 3.30. The highest BCUT2D eigenvalue weighted by Crippen LogP contribution is 2.31. The van der Waals surface area contributed by atoms with Crippen LogP contribution in [0, 0.1) is 0 Å². The van der Waals surface area contributed by atoms with Gasteiger partial charge >= 0.3 is 0 Å². The Hall–Kier alpha value is -3.47. The van der Waals surface area contributed by atoms with Gasteiger partial charge in [-0.1, -0.05) is 43.0 Å². The second-order valence-electron chi connectivity index (χ2n) is 5.81. The van der Waals surface area contributed by atoms with Crippen LogP contribution in [0.2, 0.25) is 0 Å². The zero-order valence-electron chi connectivity index (χ0n) is 13.4. The number of aromatic nitrogens is 1. The Morgan fingerprint density at radius 1 is 1.04 bits per heavy atom. The number of nitrogens with zero attached hydrogens (tertiary/aromatic N) is 2. The molecule has 0 unspecified atom stereocenters. The maximum absolute atomic E-state index is 12.5. The smallest absolute Gasteiger partial charge is 0.259 e. The molecular weight excluding hydrogens is 314 g/mol. The van der Waals surface area contributed by atoms with E-state index in [0.717, 1.165) is 10.9 Å². The summed E-state index contributed by atoms with van der Waals surface area (Å²) in [5.74, 6) is -0.493. The first-order valence-electron chi connectivity index (χ1n) is 7.89. The number of nitrogens with one attached hydrogen (secondary N) is 1. The number of fused-ring (bicyclic) bond motifs is 2. The van der Waals surface area contributed by atoms with Crippen LogP contribution >= 0.6 is 0 Å². The number of pyridine rings is 1. The molecule has 2 amide bonds. The van der Waals surface area contributed by atoms with Gasteiger partial charge in [0.1, 0.15) is 6.54 Å². The van der Waals surface area contributed by atoms with Gasteiger partial charge in [0.25, 0.3) is 5.91 Å². The topological polar surface area (TPSA) is 62.3 Å². The van der Waals surface area contributed by atoms with E-state index in [0.29, 0.717) is 22.5 Å². The number of hydrogen-bond acceptors (Lipinski definition) is 3. The van der Waals surface area contributed by atoms with Crippen molar-refractivity contribution in [2.75, 3.05) is 11.9 Å². The summed E-state index contributed by atoms with van der Waals surface area (Å²) in [7, 11) is 0. The van der Waals surface area contributed by atoms with Gasteiger partial charge in [0.05, 0.1) is 11.2 Å². The molecule has 5 nitrogen and oxygen atoms in total. The van der Waals surface area contributed by atoms with Crippen molar-refractivity contribution in [1.82, 2.24) is 9.88 Å². The van der Waals surface area contributed by atoms with Gasteiger partial charge in [-0.15, -0.1) is 0 Å². The van der Waals surface area contributed by atoms with Gasteiger partial charge in [0, 0.05) is 28.4 Å². The standard InChI is InChI=1S/C20H15N3O2/c1-13-15-8-2-3-9-16(15)20(25)23(13)12-18(24)22-17-10-4-6-14-7-5-11-21-19(14)17/h2-11H,1,12H2,(H,22,24). The Kier molecular flexibility index (Phi) is 3.54. The monoisotopic (exact) mass is 329 g/mol. The van der Waals surface area contributed by atoms with Gasteiger partial charge < -0.3 is 5.32 Å².